The van der Waals surface area contributed by atoms with E-state index < -0.39 is 29.6 Å². The highest BCUT2D eigenvalue weighted by molar-refractivity contribution is 6.05. The van der Waals surface area contributed by atoms with Crippen molar-refractivity contribution in [3.8, 4) is 0 Å². The van der Waals surface area contributed by atoms with Crippen LogP contribution in [0.4, 0.5) is 11.4 Å². The van der Waals surface area contributed by atoms with E-state index in [4.69, 9.17) is 4.74 Å². The van der Waals surface area contributed by atoms with E-state index in [1.54, 1.807) is 33.9 Å². The molecule has 3 aliphatic heterocycles. The molecule has 1 spiro atoms. The number of likely N-dealkylation sites (N-methyl/N-ethyl adjacent to an activating group) is 1. The second-order valence-electron chi connectivity index (χ2n) is 10.6. The highest BCUT2D eigenvalue weighted by Gasteiger charge is 2.74. The highest BCUT2D eigenvalue weighted by Crippen LogP contribution is 2.59. The number of benzene rings is 1. The van der Waals surface area contributed by atoms with Crippen LogP contribution >= 0.6 is 0 Å². The fraction of sp³-hybridized carbons (Fsp3) is 0.567. The Kier molecular flexibility index (Phi) is 8.81. The van der Waals surface area contributed by atoms with Gasteiger partial charge in [-0.1, -0.05) is 12.2 Å². The average Bonchev–Trinajstić information content (AvgIpc) is 3.58. The van der Waals surface area contributed by atoms with Gasteiger partial charge in [0, 0.05) is 57.8 Å². The molecule has 1 aromatic rings. The summed E-state index contributed by atoms with van der Waals surface area (Å²) in [5.41, 5.74) is 0.692. The topological polar surface area (TPSA) is 93.6 Å². The SMILES string of the molecule is C=CCN(C)C(=O)[C@@H]1[C@@H]2CCC3(O2)C(C(=O)N(CC=C)c2ccc(N(CC)CC)cc2)N(CCCO)C(=O)[C@H]13. The molecule has 3 heterocycles. The summed E-state index contributed by atoms with van der Waals surface area (Å²) in [7, 11) is 1.70. The number of carbonyl (C=O) groups is 3. The Morgan fingerprint density at radius 2 is 1.74 bits per heavy atom. The van der Waals surface area contributed by atoms with Crippen molar-refractivity contribution in [1.29, 1.82) is 0 Å². The first-order valence-corrected chi connectivity index (χ1v) is 14.0. The lowest BCUT2D eigenvalue weighted by Crippen LogP contribution is -2.56. The fourth-order valence-corrected chi connectivity index (χ4v) is 6.77. The van der Waals surface area contributed by atoms with Gasteiger partial charge < -0.3 is 29.4 Å². The smallest absolute Gasteiger partial charge is 0.253 e. The quantitative estimate of drug-likeness (QED) is 0.388. The molecule has 2 unspecified atom stereocenters. The van der Waals surface area contributed by atoms with E-state index in [0.717, 1.165) is 18.8 Å². The number of nitrogens with zero attached hydrogens (tertiary/aromatic N) is 4. The average molecular weight is 539 g/mol. The van der Waals surface area contributed by atoms with Crippen molar-refractivity contribution in [3.05, 3.63) is 49.6 Å². The third kappa shape index (κ3) is 4.87. The predicted octanol–water partition coefficient (Wildman–Crippen LogP) is 2.45. The van der Waals surface area contributed by atoms with Crippen molar-refractivity contribution < 1.29 is 24.2 Å². The predicted molar refractivity (Wildman–Crippen MR) is 151 cm³/mol. The van der Waals surface area contributed by atoms with Gasteiger partial charge in [0.25, 0.3) is 5.91 Å². The molecule has 9 heteroatoms. The second-order valence-corrected chi connectivity index (χ2v) is 10.6. The van der Waals surface area contributed by atoms with Crippen LogP contribution in [0.25, 0.3) is 0 Å². The Hall–Kier alpha value is -3.17. The lowest BCUT2D eigenvalue weighted by molar-refractivity contribution is -0.144. The van der Waals surface area contributed by atoms with Crippen molar-refractivity contribution in [2.24, 2.45) is 11.8 Å². The molecule has 3 fully saturated rings. The number of aliphatic hydroxyl groups is 1. The Labute approximate surface area is 231 Å². The second kappa shape index (κ2) is 11.9. The van der Waals surface area contributed by atoms with Gasteiger partial charge in [0.15, 0.2) is 0 Å². The Bertz CT molecular complexity index is 1090. The van der Waals surface area contributed by atoms with Gasteiger partial charge >= 0.3 is 0 Å². The van der Waals surface area contributed by atoms with Crippen LogP contribution in [-0.2, 0) is 19.1 Å². The van der Waals surface area contributed by atoms with E-state index in [2.05, 4.69) is 31.9 Å². The van der Waals surface area contributed by atoms with Gasteiger partial charge in [-0.25, -0.2) is 0 Å². The van der Waals surface area contributed by atoms with Crippen LogP contribution in [0.15, 0.2) is 49.6 Å². The van der Waals surface area contributed by atoms with E-state index in [0.29, 0.717) is 31.5 Å². The first kappa shape index (κ1) is 28.8. The lowest BCUT2D eigenvalue weighted by Gasteiger charge is -2.37. The van der Waals surface area contributed by atoms with E-state index in [1.807, 2.05) is 24.3 Å². The number of amides is 3. The van der Waals surface area contributed by atoms with Gasteiger partial charge in [-0.2, -0.15) is 0 Å². The molecule has 1 N–H and O–H groups in total. The van der Waals surface area contributed by atoms with Crippen molar-refractivity contribution in [2.75, 3.05) is 56.2 Å². The van der Waals surface area contributed by atoms with E-state index >= 15 is 0 Å². The summed E-state index contributed by atoms with van der Waals surface area (Å²) in [5.74, 6) is -2.05. The lowest BCUT2D eigenvalue weighted by atomic mass is 9.70. The number of hydrogen-bond acceptors (Lipinski definition) is 6. The van der Waals surface area contributed by atoms with Gasteiger partial charge in [-0.05, 0) is 57.4 Å². The zero-order valence-corrected chi connectivity index (χ0v) is 23.4. The maximum Gasteiger partial charge on any atom is 0.253 e. The first-order valence-electron chi connectivity index (χ1n) is 14.0. The molecule has 3 amide bonds. The molecule has 5 atom stereocenters. The molecular weight excluding hydrogens is 496 g/mol. The number of ether oxygens (including phenoxy) is 1. The van der Waals surface area contributed by atoms with Crippen molar-refractivity contribution >= 4 is 29.1 Å². The molecule has 3 aliphatic rings. The molecule has 39 heavy (non-hydrogen) atoms. The minimum absolute atomic E-state index is 0.112. The summed E-state index contributed by atoms with van der Waals surface area (Å²) in [6.07, 6.45) is 4.38. The molecule has 2 bridgehead atoms. The van der Waals surface area contributed by atoms with Gasteiger partial charge in [-0.15, -0.1) is 13.2 Å². The van der Waals surface area contributed by atoms with Gasteiger partial charge in [0.2, 0.25) is 11.8 Å². The number of hydrogen-bond donors (Lipinski definition) is 1. The number of fused-ring (bicyclic) bond motifs is 1. The third-order valence-electron chi connectivity index (χ3n) is 8.52. The van der Waals surface area contributed by atoms with Gasteiger partial charge in [0.1, 0.15) is 11.6 Å². The number of rotatable bonds is 13. The summed E-state index contributed by atoms with van der Waals surface area (Å²) in [6, 6.07) is 6.94. The zero-order valence-electron chi connectivity index (χ0n) is 23.4. The van der Waals surface area contributed by atoms with Crippen molar-refractivity contribution in [2.45, 2.75) is 50.9 Å². The van der Waals surface area contributed by atoms with Crippen molar-refractivity contribution in [3.63, 3.8) is 0 Å². The summed E-state index contributed by atoms with van der Waals surface area (Å²) in [5, 5.41) is 9.57. The molecule has 0 aromatic heterocycles. The molecule has 0 radical (unpaired) electrons. The Balaban J connectivity index is 1.72. The molecule has 0 aliphatic carbocycles. The summed E-state index contributed by atoms with van der Waals surface area (Å²) < 4.78 is 6.53. The van der Waals surface area contributed by atoms with Gasteiger partial charge in [-0.3, -0.25) is 14.4 Å². The molecule has 1 aromatic carbocycles. The molecule has 9 nitrogen and oxygen atoms in total. The summed E-state index contributed by atoms with van der Waals surface area (Å²) in [6.45, 7) is 14.3. The maximum atomic E-state index is 14.4. The number of anilines is 2. The fourth-order valence-electron chi connectivity index (χ4n) is 6.77. The standard InChI is InChI=1S/C30H42N4O5/c1-6-17-31(5)27(36)24-23-15-16-30(39-23)25(24)28(37)34(19-10-20-35)26(30)29(38)33(18-7-2)22-13-11-21(12-14-22)32(8-3)9-4/h6-7,11-14,23-26,35H,1-2,8-10,15-20H2,3-5H3/t23-,24+,25-,26?,30?/m0/s1. The third-order valence-corrected chi connectivity index (χ3v) is 8.52. The molecule has 0 saturated carbocycles. The first-order chi connectivity index (χ1) is 18.8. The highest BCUT2D eigenvalue weighted by atomic mass is 16.5. The minimum atomic E-state index is -1.08. The van der Waals surface area contributed by atoms with Crippen LogP contribution in [0.3, 0.4) is 0 Å². The molecule has 3 saturated heterocycles. The normalized spacial score (nSPS) is 26.9. The monoisotopic (exact) mass is 538 g/mol. The minimum Gasteiger partial charge on any atom is -0.396 e. The number of carbonyl (C=O) groups excluding carboxylic acids is 3. The van der Waals surface area contributed by atoms with Crippen LogP contribution < -0.4 is 9.80 Å². The van der Waals surface area contributed by atoms with E-state index in [1.165, 1.54) is 0 Å². The van der Waals surface area contributed by atoms with Crippen LogP contribution in [0.1, 0.15) is 33.1 Å². The largest absolute Gasteiger partial charge is 0.396 e. The molecular formula is C30H42N4O5. The Morgan fingerprint density at radius 1 is 1.10 bits per heavy atom. The van der Waals surface area contributed by atoms with Crippen molar-refractivity contribution in [1.82, 2.24) is 9.80 Å². The zero-order chi connectivity index (χ0) is 28.3. The maximum absolute atomic E-state index is 14.4. The molecule has 4 rings (SSSR count). The van der Waals surface area contributed by atoms with E-state index in [-0.39, 0.29) is 37.4 Å². The van der Waals surface area contributed by atoms with Crippen LogP contribution in [0.2, 0.25) is 0 Å². The number of aliphatic hydroxyl groups excluding tert-OH is 1. The summed E-state index contributed by atoms with van der Waals surface area (Å²) >= 11 is 0. The van der Waals surface area contributed by atoms with E-state index in [9.17, 15) is 19.5 Å². The molecule has 212 valence electrons. The Morgan fingerprint density at radius 3 is 2.33 bits per heavy atom. The number of likely N-dealkylation sites (tertiary alicyclic amines) is 1. The summed E-state index contributed by atoms with van der Waals surface area (Å²) in [4.78, 5) is 48.9. The van der Waals surface area contributed by atoms with Crippen LogP contribution in [-0.4, -0.2) is 96.8 Å². The van der Waals surface area contributed by atoms with Crippen LogP contribution in [0.5, 0.6) is 0 Å². The van der Waals surface area contributed by atoms with Gasteiger partial charge in [0.05, 0.1) is 17.9 Å². The van der Waals surface area contributed by atoms with Crippen LogP contribution in [0, 0.1) is 11.8 Å².